The Morgan fingerprint density at radius 1 is 1.32 bits per heavy atom. The number of nitrogens with zero attached hydrogens (tertiary/aromatic N) is 3. The summed E-state index contributed by atoms with van der Waals surface area (Å²) in [5.41, 5.74) is 1.22. The summed E-state index contributed by atoms with van der Waals surface area (Å²) in [6, 6.07) is 9.24. The van der Waals surface area contributed by atoms with Gasteiger partial charge in [-0.05, 0) is 44.5 Å². The molecular formula is C17H27ClN4. The third-order valence-corrected chi connectivity index (χ3v) is 4.53. The van der Waals surface area contributed by atoms with Crippen molar-refractivity contribution in [3.05, 3.63) is 34.9 Å². The van der Waals surface area contributed by atoms with Gasteiger partial charge in [0.25, 0.3) is 0 Å². The Morgan fingerprint density at radius 2 is 1.95 bits per heavy atom. The van der Waals surface area contributed by atoms with Gasteiger partial charge in [-0.1, -0.05) is 23.7 Å². The SMILES string of the molecule is CN=C(NCC(C)N(C)C1CC1)N(C)Cc1ccc(Cl)cc1. The van der Waals surface area contributed by atoms with Gasteiger partial charge in [-0.25, -0.2) is 0 Å². The molecule has 122 valence electrons. The molecule has 1 aromatic rings. The molecular weight excluding hydrogens is 296 g/mol. The first-order chi connectivity index (χ1) is 10.5. The summed E-state index contributed by atoms with van der Waals surface area (Å²) in [5.74, 6) is 0.922. The fourth-order valence-corrected chi connectivity index (χ4v) is 2.67. The largest absolute Gasteiger partial charge is 0.355 e. The smallest absolute Gasteiger partial charge is 0.193 e. The number of rotatable bonds is 6. The average molecular weight is 323 g/mol. The van der Waals surface area contributed by atoms with E-state index in [9.17, 15) is 0 Å². The van der Waals surface area contributed by atoms with Crippen molar-refractivity contribution in [1.82, 2.24) is 15.1 Å². The number of halogens is 1. The highest BCUT2D eigenvalue weighted by Gasteiger charge is 2.29. The van der Waals surface area contributed by atoms with Crippen LogP contribution >= 0.6 is 11.6 Å². The second-order valence-corrected chi connectivity index (χ2v) is 6.59. The van der Waals surface area contributed by atoms with Gasteiger partial charge in [0.1, 0.15) is 0 Å². The molecule has 0 spiro atoms. The molecule has 1 aliphatic carbocycles. The van der Waals surface area contributed by atoms with Crippen molar-refractivity contribution in [2.24, 2.45) is 4.99 Å². The summed E-state index contributed by atoms with van der Waals surface area (Å²) in [7, 11) is 6.10. The Morgan fingerprint density at radius 3 is 2.50 bits per heavy atom. The number of hydrogen-bond acceptors (Lipinski definition) is 2. The Labute approximate surface area is 139 Å². The molecule has 1 fully saturated rings. The molecule has 2 rings (SSSR count). The maximum Gasteiger partial charge on any atom is 0.193 e. The maximum absolute atomic E-state index is 5.93. The van der Waals surface area contributed by atoms with Crippen LogP contribution in [0.25, 0.3) is 0 Å². The van der Waals surface area contributed by atoms with Crippen LogP contribution in [0.5, 0.6) is 0 Å². The van der Waals surface area contributed by atoms with Crippen molar-refractivity contribution in [3.8, 4) is 0 Å². The Kier molecular flexibility index (Phi) is 6.09. The van der Waals surface area contributed by atoms with E-state index in [1.54, 1.807) is 0 Å². The van der Waals surface area contributed by atoms with Crippen LogP contribution in [-0.4, -0.2) is 55.5 Å². The van der Waals surface area contributed by atoms with Gasteiger partial charge in [-0.3, -0.25) is 9.89 Å². The predicted molar refractivity (Wildman–Crippen MR) is 94.5 cm³/mol. The van der Waals surface area contributed by atoms with Crippen LogP contribution in [0.4, 0.5) is 0 Å². The van der Waals surface area contributed by atoms with Crippen LogP contribution in [0.15, 0.2) is 29.3 Å². The zero-order valence-electron chi connectivity index (χ0n) is 14.0. The zero-order chi connectivity index (χ0) is 16.1. The van der Waals surface area contributed by atoms with Gasteiger partial charge in [0.15, 0.2) is 5.96 Å². The van der Waals surface area contributed by atoms with Crippen LogP contribution < -0.4 is 5.32 Å². The third-order valence-electron chi connectivity index (χ3n) is 4.28. The molecule has 0 bridgehead atoms. The number of likely N-dealkylation sites (N-methyl/N-ethyl adjacent to an activating group) is 1. The molecule has 0 saturated heterocycles. The summed E-state index contributed by atoms with van der Waals surface area (Å²) in [6.07, 6.45) is 2.68. The summed E-state index contributed by atoms with van der Waals surface area (Å²) >= 11 is 5.93. The van der Waals surface area contributed by atoms with E-state index in [2.05, 4.69) is 53.3 Å². The highest BCUT2D eigenvalue weighted by molar-refractivity contribution is 6.30. The van der Waals surface area contributed by atoms with Crippen LogP contribution in [0.2, 0.25) is 5.02 Å². The minimum absolute atomic E-state index is 0.508. The Bertz CT molecular complexity index is 496. The lowest BCUT2D eigenvalue weighted by Crippen LogP contribution is -2.45. The first-order valence-electron chi connectivity index (χ1n) is 7.89. The minimum Gasteiger partial charge on any atom is -0.355 e. The fraction of sp³-hybridized carbons (Fsp3) is 0.588. The number of aliphatic imine (C=N–C) groups is 1. The molecule has 0 aromatic heterocycles. The molecule has 0 heterocycles. The van der Waals surface area contributed by atoms with Crippen LogP contribution in [0.1, 0.15) is 25.3 Å². The normalized spacial score (nSPS) is 16.7. The first kappa shape index (κ1) is 17.1. The molecule has 1 aliphatic rings. The summed E-state index contributed by atoms with van der Waals surface area (Å²) < 4.78 is 0. The summed E-state index contributed by atoms with van der Waals surface area (Å²) in [6.45, 7) is 3.98. The first-order valence-corrected chi connectivity index (χ1v) is 8.27. The van der Waals surface area contributed by atoms with E-state index < -0.39 is 0 Å². The van der Waals surface area contributed by atoms with E-state index in [4.69, 9.17) is 11.6 Å². The van der Waals surface area contributed by atoms with Gasteiger partial charge >= 0.3 is 0 Å². The molecule has 22 heavy (non-hydrogen) atoms. The molecule has 0 radical (unpaired) electrons. The van der Waals surface area contributed by atoms with Gasteiger partial charge in [0, 0.05) is 44.3 Å². The molecule has 4 nitrogen and oxygen atoms in total. The molecule has 5 heteroatoms. The van der Waals surface area contributed by atoms with Gasteiger partial charge in [0.2, 0.25) is 0 Å². The van der Waals surface area contributed by atoms with Crippen LogP contribution in [0, 0.1) is 0 Å². The van der Waals surface area contributed by atoms with E-state index in [-0.39, 0.29) is 0 Å². The van der Waals surface area contributed by atoms with Gasteiger partial charge in [-0.15, -0.1) is 0 Å². The lowest BCUT2D eigenvalue weighted by atomic mass is 10.2. The Balaban J connectivity index is 1.83. The average Bonchev–Trinajstić information content (AvgIpc) is 3.34. The molecule has 1 unspecified atom stereocenters. The van der Waals surface area contributed by atoms with Crippen molar-refractivity contribution in [3.63, 3.8) is 0 Å². The monoisotopic (exact) mass is 322 g/mol. The number of benzene rings is 1. The van der Waals surface area contributed by atoms with Crippen molar-refractivity contribution in [2.45, 2.75) is 38.4 Å². The third kappa shape index (κ3) is 4.89. The highest BCUT2D eigenvalue weighted by Crippen LogP contribution is 2.26. The van der Waals surface area contributed by atoms with Crippen LogP contribution in [-0.2, 0) is 6.54 Å². The molecule has 1 saturated carbocycles. The van der Waals surface area contributed by atoms with Gasteiger partial charge in [-0.2, -0.15) is 0 Å². The Hall–Kier alpha value is -1.26. The topological polar surface area (TPSA) is 30.9 Å². The van der Waals surface area contributed by atoms with E-state index >= 15 is 0 Å². The lowest BCUT2D eigenvalue weighted by Gasteiger charge is -2.28. The fourth-order valence-electron chi connectivity index (χ4n) is 2.55. The van der Waals surface area contributed by atoms with Gasteiger partial charge in [0.05, 0.1) is 0 Å². The standard InChI is InChI=1S/C17H27ClN4/c1-13(22(4)16-9-10-16)11-20-17(19-2)21(3)12-14-5-7-15(18)8-6-14/h5-8,13,16H,9-12H2,1-4H3,(H,19,20). The summed E-state index contributed by atoms with van der Waals surface area (Å²) in [4.78, 5) is 8.97. The second kappa shape index (κ2) is 7.84. The number of nitrogens with one attached hydrogen (secondary N) is 1. The molecule has 1 atom stereocenters. The maximum atomic E-state index is 5.93. The molecule has 0 amide bonds. The lowest BCUT2D eigenvalue weighted by molar-refractivity contribution is 0.246. The zero-order valence-corrected chi connectivity index (χ0v) is 14.8. The van der Waals surface area contributed by atoms with Gasteiger partial charge < -0.3 is 10.2 Å². The molecule has 0 aliphatic heterocycles. The van der Waals surface area contributed by atoms with E-state index in [1.807, 2.05) is 19.2 Å². The molecule has 1 aromatic carbocycles. The number of guanidine groups is 1. The predicted octanol–water partition coefficient (Wildman–Crippen LogP) is 2.83. The number of hydrogen-bond donors (Lipinski definition) is 1. The van der Waals surface area contributed by atoms with E-state index in [0.29, 0.717) is 6.04 Å². The van der Waals surface area contributed by atoms with Crippen molar-refractivity contribution < 1.29 is 0 Å². The second-order valence-electron chi connectivity index (χ2n) is 6.16. The highest BCUT2D eigenvalue weighted by atomic mass is 35.5. The van der Waals surface area contributed by atoms with E-state index in [1.165, 1.54) is 18.4 Å². The van der Waals surface area contributed by atoms with Crippen molar-refractivity contribution in [1.29, 1.82) is 0 Å². The minimum atomic E-state index is 0.508. The quantitative estimate of drug-likeness (QED) is 0.645. The van der Waals surface area contributed by atoms with E-state index in [0.717, 1.165) is 30.1 Å². The van der Waals surface area contributed by atoms with Crippen LogP contribution in [0.3, 0.4) is 0 Å². The van der Waals surface area contributed by atoms with Crippen molar-refractivity contribution in [2.75, 3.05) is 27.7 Å². The van der Waals surface area contributed by atoms with Crippen molar-refractivity contribution >= 4 is 17.6 Å². The summed E-state index contributed by atoms with van der Waals surface area (Å²) in [5, 5.41) is 4.24. The molecule has 1 N–H and O–H groups in total.